The van der Waals surface area contributed by atoms with Crippen LogP contribution in [0.15, 0.2) is 24.3 Å². The Morgan fingerprint density at radius 2 is 1.93 bits per heavy atom. The molecule has 0 aliphatic rings. The van der Waals surface area contributed by atoms with Gasteiger partial charge in [0.2, 0.25) is 0 Å². The molecule has 0 aliphatic heterocycles. The molecule has 2 nitrogen and oxygen atoms in total. The van der Waals surface area contributed by atoms with Crippen molar-refractivity contribution in [1.82, 2.24) is 5.32 Å². The highest BCUT2D eigenvalue weighted by atomic mass is 127. The lowest BCUT2D eigenvalue weighted by Crippen LogP contribution is -2.33. The van der Waals surface area contributed by atoms with E-state index in [4.69, 9.17) is 5.11 Å². The number of halogens is 1. The number of aliphatic hydroxyl groups is 1. The summed E-state index contributed by atoms with van der Waals surface area (Å²) in [5.41, 5.74) is 1.27. The second-order valence-electron chi connectivity index (χ2n) is 3.73. The first kappa shape index (κ1) is 12.9. The first-order valence-corrected chi connectivity index (χ1v) is 6.37. The van der Waals surface area contributed by atoms with E-state index < -0.39 is 0 Å². The molecule has 2 atom stereocenters. The van der Waals surface area contributed by atoms with Crippen molar-refractivity contribution in [2.75, 3.05) is 6.61 Å². The summed E-state index contributed by atoms with van der Waals surface area (Å²) in [4.78, 5) is 0. The van der Waals surface area contributed by atoms with E-state index in [0.29, 0.717) is 6.04 Å². The topological polar surface area (TPSA) is 32.3 Å². The van der Waals surface area contributed by atoms with Crippen LogP contribution in [0.1, 0.15) is 31.9 Å². The SMILES string of the molecule is CCC(CO)NC(C)c1ccc(I)cc1. The highest BCUT2D eigenvalue weighted by Gasteiger charge is 2.10. The maximum atomic E-state index is 9.10. The van der Waals surface area contributed by atoms with Crippen LogP contribution in [-0.2, 0) is 0 Å². The third-order valence-corrected chi connectivity index (χ3v) is 3.29. The Labute approximate surface area is 105 Å². The maximum absolute atomic E-state index is 9.10. The van der Waals surface area contributed by atoms with Crippen LogP contribution in [0.2, 0.25) is 0 Å². The van der Waals surface area contributed by atoms with Crippen LogP contribution in [0.4, 0.5) is 0 Å². The molecule has 0 saturated carbocycles. The quantitative estimate of drug-likeness (QED) is 0.818. The van der Waals surface area contributed by atoms with E-state index in [1.807, 2.05) is 0 Å². The molecular formula is C12H18INO. The zero-order chi connectivity index (χ0) is 11.3. The highest BCUT2D eigenvalue weighted by molar-refractivity contribution is 14.1. The van der Waals surface area contributed by atoms with Gasteiger partial charge in [-0.3, -0.25) is 0 Å². The van der Waals surface area contributed by atoms with Gasteiger partial charge in [0.1, 0.15) is 0 Å². The fourth-order valence-corrected chi connectivity index (χ4v) is 1.86. The van der Waals surface area contributed by atoms with Gasteiger partial charge in [-0.15, -0.1) is 0 Å². The smallest absolute Gasteiger partial charge is 0.0584 e. The molecule has 2 unspecified atom stereocenters. The molecule has 0 bridgehead atoms. The fourth-order valence-electron chi connectivity index (χ4n) is 1.50. The highest BCUT2D eigenvalue weighted by Crippen LogP contribution is 2.15. The summed E-state index contributed by atoms with van der Waals surface area (Å²) < 4.78 is 1.25. The molecule has 15 heavy (non-hydrogen) atoms. The van der Waals surface area contributed by atoms with Crippen LogP contribution in [0, 0.1) is 3.57 Å². The zero-order valence-electron chi connectivity index (χ0n) is 9.20. The standard InChI is InChI=1S/C12H18INO/c1-3-12(8-15)14-9(2)10-4-6-11(13)7-5-10/h4-7,9,12,14-15H,3,8H2,1-2H3. The number of benzene rings is 1. The molecule has 0 radical (unpaired) electrons. The van der Waals surface area contributed by atoms with Gasteiger partial charge in [0.05, 0.1) is 6.61 Å². The summed E-state index contributed by atoms with van der Waals surface area (Å²) in [6, 6.07) is 8.95. The molecule has 0 amide bonds. The molecule has 0 heterocycles. The number of hydrogen-bond acceptors (Lipinski definition) is 2. The van der Waals surface area contributed by atoms with Crippen LogP contribution in [-0.4, -0.2) is 17.8 Å². The number of aliphatic hydroxyl groups excluding tert-OH is 1. The lowest BCUT2D eigenvalue weighted by Gasteiger charge is -2.20. The first-order valence-electron chi connectivity index (χ1n) is 5.29. The lowest BCUT2D eigenvalue weighted by molar-refractivity contribution is 0.230. The monoisotopic (exact) mass is 319 g/mol. The molecule has 3 heteroatoms. The Morgan fingerprint density at radius 1 is 1.33 bits per heavy atom. The molecule has 0 fully saturated rings. The average Bonchev–Trinajstić information content (AvgIpc) is 2.26. The Balaban J connectivity index is 2.60. The molecule has 1 rings (SSSR count). The molecule has 1 aromatic rings. The number of hydrogen-bond donors (Lipinski definition) is 2. The maximum Gasteiger partial charge on any atom is 0.0584 e. The minimum absolute atomic E-state index is 0.194. The molecule has 0 aromatic heterocycles. The van der Waals surface area contributed by atoms with Crippen molar-refractivity contribution in [3.05, 3.63) is 33.4 Å². The lowest BCUT2D eigenvalue weighted by atomic mass is 10.1. The van der Waals surface area contributed by atoms with Crippen LogP contribution in [0.5, 0.6) is 0 Å². The van der Waals surface area contributed by atoms with Gasteiger partial charge in [-0.2, -0.15) is 0 Å². The van der Waals surface area contributed by atoms with Crippen molar-refractivity contribution >= 4 is 22.6 Å². The van der Waals surface area contributed by atoms with Crippen molar-refractivity contribution < 1.29 is 5.11 Å². The predicted octanol–water partition coefficient (Wildman–Crippen LogP) is 2.71. The molecule has 0 spiro atoms. The predicted molar refractivity (Wildman–Crippen MR) is 71.9 cm³/mol. The van der Waals surface area contributed by atoms with Crippen LogP contribution in [0.25, 0.3) is 0 Å². The van der Waals surface area contributed by atoms with Gasteiger partial charge >= 0.3 is 0 Å². The molecule has 0 saturated heterocycles. The second-order valence-corrected chi connectivity index (χ2v) is 4.97. The Kier molecular flexibility index (Phi) is 5.56. The third kappa shape index (κ3) is 4.09. The summed E-state index contributed by atoms with van der Waals surface area (Å²) >= 11 is 2.30. The van der Waals surface area contributed by atoms with E-state index in [0.717, 1.165) is 6.42 Å². The zero-order valence-corrected chi connectivity index (χ0v) is 11.4. The summed E-state index contributed by atoms with van der Waals surface area (Å²) in [6.07, 6.45) is 0.950. The van der Waals surface area contributed by atoms with Gasteiger partial charge in [0.25, 0.3) is 0 Å². The van der Waals surface area contributed by atoms with Crippen molar-refractivity contribution in [1.29, 1.82) is 0 Å². The number of nitrogens with one attached hydrogen (secondary N) is 1. The minimum atomic E-state index is 0.194. The third-order valence-electron chi connectivity index (χ3n) is 2.57. The van der Waals surface area contributed by atoms with Crippen molar-refractivity contribution in [3.63, 3.8) is 0 Å². The van der Waals surface area contributed by atoms with Gasteiger partial charge in [-0.05, 0) is 53.6 Å². The van der Waals surface area contributed by atoms with Crippen LogP contribution < -0.4 is 5.32 Å². The van der Waals surface area contributed by atoms with E-state index in [2.05, 4.69) is 66.0 Å². The summed E-state index contributed by atoms with van der Waals surface area (Å²) in [5.74, 6) is 0. The Morgan fingerprint density at radius 3 is 2.40 bits per heavy atom. The normalized spacial score (nSPS) is 14.9. The van der Waals surface area contributed by atoms with Gasteiger partial charge < -0.3 is 10.4 Å². The summed E-state index contributed by atoms with van der Waals surface area (Å²) in [6.45, 7) is 4.40. The van der Waals surface area contributed by atoms with Crippen molar-refractivity contribution in [2.24, 2.45) is 0 Å². The van der Waals surface area contributed by atoms with Crippen molar-refractivity contribution in [2.45, 2.75) is 32.4 Å². The van der Waals surface area contributed by atoms with Crippen LogP contribution in [0.3, 0.4) is 0 Å². The molecule has 0 aliphatic carbocycles. The van der Waals surface area contributed by atoms with Gasteiger partial charge in [-0.25, -0.2) is 0 Å². The minimum Gasteiger partial charge on any atom is -0.395 e. The number of rotatable bonds is 5. The van der Waals surface area contributed by atoms with Crippen LogP contribution >= 0.6 is 22.6 Å². The largest absolute Gasteiger partial charge is 0.395 e. The van der Waals surface area contributed by atoms with E-state index in [1.54, 1.807) is 0 Å². The fraction of sp³-hybridized carbons (Fsp3) is 0.500. The summed E-state index contributed by atoms with van der Waals surface area (Å²) in [5, 5.41) is 12.5. The molecular weight excluding hydrogens is 301 g/mol. The average molecular weight is 319 g/mol. The van der Waals surface area contributed by atoms with E-state index in [9.17, 15) is 0 Å². The van der Waals surface area contributed by atoms with Gasteiger partial charge in [0.15, 0.2) is 0 Å². The first-order chi connectivity index (χ1) is 7.17. The molecule has 1 aromatic carbocycles. The van der Waals surface area contributed by atoms with Gasteiger partial charge in [-0.1, -0.05) is 19.1 Å². The second kappa shape index (κ2) is 6.45. The van der Waals surface area contributed by atoms with Gasteiger partial charge in [0, 0.05) is 15.7 Å². The molecule has 84 valence electrons. The van der Waals surface area contributed by atoms with Crippen molar-refractivity contribution in [3.8, 4) is 0 Å². The van der Waals surface area contributed by atoms with E-state index in [1.165, 1.54) is 9.13 Å². The van der Waals surface area contributed by atoms with E-state index in [-0.39, 0.29) is 12.6 Å². The molecule has 2 N–H and O–H groups in total. The Bertz CT molecular complexity index is 282. The van der Waals surface area contributed by atoms with E-state index >= 15 is 0 Å². The Hall–Kier alpha value is -0.130. The summed E-state index contributed by atoms with van der Waals surface area (Å²) in [7, 11) is 0.